The molecule has 14 heavy (non-hydrogen) atoms. The summed E-state index contributed by atoms with van der Waals surface area (Å²) in [5, 5.41) is 5.85. The maximum absolute atomic E-state index is 11.5. The van der Waals surface area contributed by atoms with Crippen LogP contribution in [0.4, 0.5) is 0 Å². The average molecular weight is 218 g/mol. The van der Waals surface area contributed by atoms with Gasteiger partial charge in [0.2, 0.25) is 5.91 Å². The van der Waals surface area contributed by atoms with E-state index in [4.69, 9.17) is 0 Å². The van der Waals surface area contributed by atoms with E-state index in [1.807, 2.05) is 6.92 Å². The summed E-state index contributed by atoms with van der Waals surface area (Å²) in [5.41, 5.74) is 0. The molecule has 1 atom stereocenters. The van der Waals surface area contributed by atoms with Crippen LogP contribution in [-0.4, -0.2) is 40.8 Å². The molecule has 4 nitrogen and oxygen atoms in total. The molecule has 0 radical (unpaired) electrons. The van der Waals surface area contributed by atoms with Gasteiger partial charge in [-0.3, -0.25) is 9.00 Å². The molecule has 82 valence electrons. The van der Waals surface area contributed by atoms with Crippen LogP contribution in [0.3, 0.4) is 0 Å². The number of likely N-dealkylation sites (N-methyl/N-ethyl adjacent to an activating group) is 1. The van der Waals surface area contributed by atoms with Crippen LogP contribution >= 0.6 is 0 Å². The Kier molecular flexibility index (Phi) is 4.54. The zero-order chi connectivity index (χ0) is 10.6. The van der Waals surface area contributed by atoms with Gasteiger partial charge < -0.3 is 10.6 Å². The molecule has 1 heterocycles. The first-order chi connectivity index (χ1) is 6.63. The number of hydrogen-bond acceptors (Lipinski definition) is 3. The molecule has 1 saturated heterocycles. The number of amides is 1. The summed E-state index contributed by atoms with van der Waals surface area (Å²) in [5.74, 6) is 1.47. The second kappa shape index (κ2) is 5.46. The van der Waals surface area contributed by atoms with Gasteiger partial charge in [-0.15, -0.1) is 0 Å². The van der Waals surface area contributed by atoms with Crippen molar-refractivity contribution in [3.05, 3.63) is 0 Å². The molecule has 5 heteroatoms. The summed E-state index contributed by atoms with van der Waals surface area (Å²) in [6.45, 7) is 1.83. The summed E-state index contributed by atoms with van der Waals surface area (Å²) >= 11 is 0. The van der Waals surface area contributed by atoms with E-state index >= 15 is 0 Å². The summed E-state index contributed by atoms with van der Waals surface area (Å²) in [6.07, 6.45) is 1.68. The van der Waals surface area contributed by atoms with Crippen molar-refractivity contribution >= 4 is 16.7 Å². The van der Waals surface area contributed by atoms with Crippen molar-refractivity contribution in [1.82, 2.24) is 10.6 Å². The van der Waals surface area contributed by atoms with Crippen molar-refractivity contribution in [3.63, 3.8) is 0 Å². The van der Waals surface area contributed by atoms with E-state index in [2.05, 4.69) is 10.6 Å². The smallest absolute Gasteiger partial charge is 0.237 e. The molecule has 1 amide bonds. The fourth-order valence-electron chi connectivity index (χ4n) is 1.40. The molecule has 2 N–H and O–H groups in total. The van der Waals surface area contributed by atoms with E-state index < -0.39 is 10.8 Å². The Labute approximate surface area is 87.3 Å². The van der Waals surface area contributed by atoms with Crippen LogP contribution in [0.5, 0.6) is 0 Å². The molecule has 0 aliphatic carbocycles. The van der Waals surface area contributed by atoms with E-state index in [0.29, 0.717) is 0 Å². The van der Waals surface area contributed by atoms with Crippen LogP contribution in [0.1, 0.15) is 19.8 Å². The lowest BCUT2D eigenvalue weighted by atomic mass is 10.1. The van der Waals surface area contributed by atoms with Crippen molar-refractivity contribution in [1.29, 1.82) is 0 Å². The highest BCUT2D eigenvalue weighted by atomic mass is 32.2. The lowest BCUT2D eigenvalue weighted by Gasteiger charge is -2.24. The van der Waals surface area contributed by atoms with E-state index in [9.17, 15) is 9.00 Å². The molecule has 1 aliphatic rings. The minimum absolute atomic E-state index is 0.0326. The van der Waals surface area contributed by atoms with Crippen molar-refractivity contribution in [2.24, 2.45) is 0 Å². The predicted molar refractivity (Wildman–Crippen MR) is 57.6 cm³/mol. The van der Waals surface area contributed by atoms with Gasteiger partial charge in [-0.25, -0.2) is 0 Å². The highest BCUT2D eigenvalue weighted by Gasteiger charge is 2.21. The SMILES string of the molecule is CNC(C)C(=O)NC1CCS(=O)CC1. The average Bonchev–Trinajstić information content (AvgIpc) is 2.20. The number of carbonyl (C=O) groups is 1. The van der Waals surface area contributed by atoms with Crippen molar-refractivity contribution in [2.75, 3.05) is 18.6 Å². The Balaban J connectivity index is 2.30. The third-order valence-corrected chi connectivity index (χ3v) is 3.94. The Morgan fingerprint density at radius 2 is 2.00 bits per heavy atom. The maximum atomic E-state index is 11.5. The molecule has 1 rings (SSSR count). The first-order valence-electron chi connectivity index (χ1n) is 4.96. The fourth-order valence-corrected chi connectivity index (χ4v) is 2.69. The quantitative estimate of drug-likeness (QED) is 0.679. The first kappa shape index (κ1) is 11.7. The zero-order valence-electron chi connectivity index (χ0n) is 8.71. The third-order valence-electron chi connectivity index (χ3n) is 2.56. The fraction of sp³-hybridized carbons (Fsp3) is 0.889. The topological polar surface area (TPSA) is 58.2 Å². The molecule has 1 aliphatic heterocycles. The van der Waals surface area contributed by atoms with Crippen molar-refractivity contribution in [3.8, 4) is 0 Å². The van der Waals surface area contributed by atoms with Crippen molar-refractivity contribution in [2.45, 2.75) is 31.8 Å². The van der Waals surface area contributed by atoms with Gasteiger partial charge in [0.25, 0.3) is 0 Å². The van der Waals surface area contributed by atoms with E-state index in [0.717, 1.165) is 24.3 Å². The second-order valence-corrected chi connectivity index (χ2v) is 5.34. The number of hydrogen-bond donors (Lipinski definition) is 2. The number of rotatable bonds is 3. The molecular formula is C9H18N2O2S. The van der Waals surface area contributed by atoms with Gasteiger partial charge in [-0.2, -0.15) is 0 Å². The number of carbonyl (C=O) groups excluding carboxylic acids is 1. The molecule has 0 saturated carbocycles. The predicted octanol–water partition coefficient (Wildman–Crippen LogP) is -0.378. The standard InChI is InChI=1S/C9H18N2O2S/c1-7(10-2)9(12)11-8-3-5-14(13)6-4-8/h7-8,10H,3-6H2,1-2H3,(H,11,12). The highest BCUT2D eigenvalue weighted by Crippen LogP contribution is 2.08. The van der Waals surface area contributed by atoms with Crippen LogP contribution in [0.2, 0.25) is 0 Å². The van der Waals surface area contributed by atoms with Gasteiger partial charge >= 0.3 is 0 Å². The summed E-state index contributed by atoms with van der Waals surface area (Å²) < 4.78 is 11.1. The van der Waals surface area contributed by atoms with E-state index in [1.54, 1.807) is 7.05 Å². The number of nitrogens with one attached hydrogen (secondary N) is 2. The third kappa shape index (κ3) is 3.38. The second-order valence-electron chi connectivity index (χ2n) is 3.64. The molecular weight excluding hydrogens is 200 g/mol. The van der Waals surface area contributed by atoms with Gasteiger partial charge in [0.1, 0.15) is 0 Å². The Hall–Kier alpha value is -0.420. The molecule has 0 aromatic rings. The monoisotopic (exact) mass is 218 g/mol. The molecule has 0 aromatic carbocycles. The zero-order valence-corrected chi connectivity index (χ0v) is 9.52. The van der Waals surface area contributed by atoms with E-state index in [-0.39, 0.29) is 18.0 Å². The summed E-state index contributed by atoms with van der Waals surface area (Å²) in [6, 6.07) is 0.0680. The van der Waals surface area contributed by atoms with E-state index in [1.165, 1.54) is 0 Å². The van der Waals surface area contributed by atoms with Crippen LogP contribution in [-0.2, 0) is 15.6 Å². The molecule has 1 fully saturated rings. The summed E-state index contributed by atoms with van der Waals surface area (Å²) in [7, 11) is 1.11. The Morgan fingerprint density at radius 1 is 1.43 bits per heavy atom. The molecule has 0 spiro atoms. The van der Waals surface area contributed by atoms with Gasteiger partial charge in [-0.1, -0.05) is 0 Å². The van der Waals surface area contributed by atoms with Gasteiger partial charge in [0.15, 0.2) is 0 Å². The first-order valence-corrected chi connectivity index (χ1v) is 6.45. The molecule has 0 aromatic heterocycles. The minimum atomic E-state index is -0.655. The van der Waals surface area contributed by atoms with Gasteiger partial charge in [-0.05, 0) is 26.8 Å². The summed E-state index contributed by atoms with van der Waals surface area (Å²) in [4.78, 5) is 11.5. The normalized spacial score (nSPS) is 29.6. The molecule has 1 unspecified atom stereocenters. The lowest BCUT2D eigenvalue weighted by molar-refractivity contribution is -0.123. The minimum Gasteiger partial charge on any atom is -0.352 e. The van der Waals surface area contributed by atoms with Gasteiger partial charge in [0.05, 0.1) is 6.04 Å². The van der Waals surface area contributed by atoms with Crippen LogP contribution in [0, 0.1) is 0 Å². The largest absolute Gasteiger partial charge is 0.352 e. The highest BCUT2D eigenvalue weighted by molar-refractivity contribution is 7.85. The maximum Gasteiger partial charge on any atom is 0.237 e. The van der Waals surface area contributed by atoms with Gasteiger partial charge in [0, 0.05) is 28.3 Å². The Morgan fingerprint density at radius 3 is 2.50 bits per heavy atom. The Bertz CT molecular complexity index is 223. The van der Waals surface area contributed by atoms with Crippen molar-refractivity contribution < 1.29 is 9.00 Å². The van der Waals surface area contributed by atoms with Crippen LogP contribution in [0.25, 0.3) is 0 Å². The molecule has 0 bridgehead atoms. The van der Waals surface area contributed by atoms with Crippen LogP contribution in [0.15, 0.2) is 0 Å². The lowest BCUT2D eigenvalue weighted by Crippen LogP contribution is -2.47. The van der Waals surface area contributed by atoms with Crippen LogP contribution < -0.4 is 10.6 Å².